The first-order chi connectivity index (χ1) is 10.4. The number of urea groups is 1. The van der Waals surface area contributed by atoms with Gasteiger partial charge in [0.1, 0.15) is 6.17 Å². The van der Waals surface area contributed by atoms with E-state index in [-0.39, 0.29) is 24.2 Å². The summed E-state index contributed by atoms with van der Waals surface area (Å²) in [6, 6.07) is 0.105. The van der Waals surface area contributed by atoms with Gasteiger partial charge in [-0.15, -0.1) is 0 Å². The number of likely N-dealkylation sites (tertiary alicyclic amines) is 1. The number of carboxylic acid groups (broad SMARTS) is 1. The Hall–Kier alpha value is -1.46. The molecule has 6 nitrogen and oxygen atoms in total. The second-order valence-electron chi connectivity index (χ2n) is 6.89. The van der Waals surface area contributed by atoms with Gasteiger partial charge in [0.05, 0.1) is 0 Å². The first-order valence-corrected chi connectivity index (χ1v) is 8.42. The van der Waals surface area contributed by atoms with E-state index in [0.29, 0.717) is 6.54 Å². The predicted octanol–water partition coefficient (Wildman–Crippen LogP) is 3.04. The summed E-state index contributed by atoms with van der Waals surface area (Å²) in [5.74, 6) is 0.177. The summed E-state index contributed by atoms with van der Waals surface area (Å²) < 4.78 is 0. The van der Waals surface area contributed by atoms with Gasteiger partial charge in [-0.1, -0.05) is 26.2 Å². The van der Waals surface area contributed by atoms with Crippen molar-refractivity contribution in [3.63, 3.8) is 0 Å². The zero-order valence-electron chi connectivity index (χ0n) is 14.0. The number of nitrogens with zero attached hydrogens (tertiary/aromatic N) is 3. The third-order valence-electron chi connectivity index (χ3n) is 4.99. The van der Waals surface area contributed by atoms with Gasteiger partial charge in [0.25, 0.3) is 0 Å². The van der Waals surface area contributed by atoms with Crippen LogP contribution in [0, 0.1) is 5.92 Å². The average molecular weight is 311 g/mol. The largest absolute Gasteiger partial charge is 0.465 e. The molecule has 0 bridgehead atoms. The van der Waals surface area contributed by atoms with E-state index in [1.54, 1.807) is 19.0 Å². The molecule has 2 rings (SSSR count). The van der Waals surface area contributed by atoms with Crippen LogP contribution in [0.1, 0.15) is 51.9 Å². The third-order valence-corrected chi connectivity index (χ3v) is 4.99. The third kappa shape index (κ3) is 3.47. The van der Waals surface area contributed by atoms with Crippen LogP contribution < -0.4 is 0 Å². The lowest BCUT2D eigenvalue weighted by Crippen LogP contribution is -2.62. The van der Waals surface area contributed by atoms with Crippen LogP contribution in [-0.4, -0.2) is 64.8 Å². The van der Waals surface area contributed by atoms with Gasteiger partial charge in [-0.25, -0.2) is 9.59 Å². The summed E-state index contributed by atoms with van der Waals surface area (Å²) in [5.41, 5.74) is 0. The van der Waals surface area contributed by atoms with Gasteiger partial charge in [-0.05, 0) is 31.6 Å². The van der Waals surface area contributed by atoms with Gasteiger partial charge in [-0.3, -0.25) is 4.90 Å². The van der Waals surface area contributed by atoms with Crippen molar-refractivity contribution in [1.82, 2.24) is 14.7 Å². The van der Waals surface area contributed by atoms with Crippen LogP contribution in [0.15, 0.2) is 0 Å². The van der Waals surface area contributed by atoms with Crippen LogP contribution >= 0.6 is 0 Å². The molecule has 2 fully saturated rings. The van der Waals surface area contributed by atoms with E-state index in [4.69, 9.17) is 0 Å². The summed E-state index contributed by atoms with van der Waals surface area (Å²) in [4.78, 5) is 29.4. The molecule has 1 N–H and O–H groups in total. The Morgan fingerprint density at radius 1 is 1.05 bits per heavy atom. The first-order valence-electron chi connectivity index (χ1n) is 8.42. The summed E-state index contributed by atoms with van der Waals surface area (Å²) in [6.45, 7) is 2.59. The number of piperidine rings is 1. The highest BCUT2D eigenvalue weighted by Crippen LogP contribution is 2.32. The Morgan fingerprint density at radius 2 is 1.68 bits per heavy atom. The quantitative estimate of drug-likeness (QED) is 0.852. The smallest absolute Gasteiger partial charge is 0.408 e. The highest BCUT2D eigenvalue weighted by molar-refractivity contribution is 5.75. The monoisotopic (exact) mass is 311 g/mol. The van der Waals surface area contributed by atoms with Gasteiger partial charge < -0.3 is 14.9 Å². The van der Waals surface area contributed by atoms with Crippen molar-refractivity contribution in [2.45, 2.75) is 64.1 Å². The number of carbonyl (C=O) groups excluding carboxylic acids is 1. The molecule has 6 heteroatoms. The summed E-state index contributed by atoms with van der Waals surface area (Å²) in [7, 11) is 3.49. The molecule has 3 amide bonds. The lowest BCUT2D eigenvalue weighted by Gasteiger charge is -2.49. The van der Waals surface area contributed by atoms with E-state index in [0.717, 1.165) is 38.5 Å². The van der Waals surface area contributed by atoms with Crippen molar-refractivity contribution in [3.05, 3.63) is 0 Å². The van der Waals surface area contributed by atoms with Crippen molar-refractivity contribution in [1.29, 1.82) is 0 Å². The normalized spacial score (nSPS) is 26.6. The zero-order valence-corrected chi connectivity index (χ0v) is 14.0. The highest BCUT2D eigenvalue weighted by Gasteiger charge is 2.42. The summed E-state index contributed by atoms with van der Waals surface area (Å²) in [5, 5.41) is 9.57. The van der Waals surface area contributed by atoms with E-state index in [1.165, 1.54) is 11.3 Å². The molecule has 1 saturated heterocycles. The molecule has 1 aliphatic carbocycles. The Kier molecular flexibility index (Phi) is 5.53. The molecule has 2 atom stereocenters. The maximum atomic E-state index is 12.8. The molecule has 0 radical (unpaired) electrons. The molecular formula is C16H29N3O3. The Labute approximate surface area is 133 Å². The van der Waals surface area contributed by atoms with E-state index >= 15 is 0 Å². The number of hydrogen-bond donors (Lipinski definition) is 1. The molecule has 0 spiro atoms. The van der Waals surface area contributed by atoms with Crippen molar-refractivity contribution in [2.24, 2.45) is 5.92 Å². The second kappa shape index (κ2) is 7.20. The van der Waals surface area contributed by atoms with E-state index in [9.17, 15) is 14.7 Å². The Balaban J connectivity index is 2.31. The van der Waals surface area contributed by atoms with Crippen LogP contribution in [0.2, 0.25) is 0 Å². The summed E-state index contributed by atoms with van der Waals surface area (Å²) >= 11 is 0. The van der Waals surface area contributed by atoms with Gasteiger partial charge in [0.2, 0.25) is 0 Å². The van der Waals surface area contributed by atoms with Crippen LogP contribution in [-0.2, 0) is 0 Å². The van der Waals surface area contributed by atoms with Crippen LogP contribution in [0.5, 0.6) is 0 Å². The fraction of sp³-hybridized carbons (Fsp3) is 0.875. The molecule has 1 saturated carbocycles. The van der Waals surface area contributed by atoms with Gasteiger partial charge in [-0.2, -0.15) is 0 Å². The molecule has 0 aromatic carbocycles. The number of amides is 3. The van der Waals surface area contributed by atoms with Gasteiger partial charge >= 0.3 is 12.1 Å². The minimum atomic E-state index is -0.913. The SMILES string of the molecule is CC1CCCN(C(=O)O)C1N(C(=O)N(C)C)C1CCCCC1. The van der Waals surface area contributed by atoms with Crippen LogP contribution in [0.4, 0.5) is 9.59 Å². The Bertz CT molecular complexity index is 407. The molecule has 2 unspecified atom stereocenters. The fourth-order valence-electron chi connectivity index (χ4n) is 3.88. The minimum absolute atomic E-state index is 0.0584. The second-order valence-corrected chi connectivity index (χ2v) is 6.89. The molecule has 0 aromatic rings. The average Bonchev–Trinajstić information content (AvgIpc) is 2.49. The summed E-state index contributed by atoms with van der Waals surface area (Å²) in [6.07, 6.45) is 6.02. The van der Waals surface area contributed by atoms with Gasteiger partial charge in [0, 0.05) is 26.7 Å². The van der Waals surface area contributed by atoms with Crippen LogP contribution in [0.25, 0.3) is 0 Å². The van der Waals surface area contributed by atoms with E-state index in [1.807, 2.05) is 4.90 Å². The number of hydrogen-bond acceptors (Lipinski definition) is 2. The molecule has 22 heavy (non-hydrogen) atoms. The van der Waals surface area contributed by atoms with Crippen molar-refractivity contribution >= 4 is 12.1 Å². The standard InChI is InChI=1S/C16H29N3O3/c1-12-8-7-11-18(16(21)22)14(12)19(15(20)17(2)3)13-9-5-4-6-10-13/h12-14H,4-11H2,1-3H3,(H,21,22). The zero-order chi connectivity index (χ0) is 16.3. The van der Waals surface area contributed by atoms with E-state index in [2.05, 4.69) is 6.92 Å². The maximum absolute atomic E-state index is 12.8. The van der Waals surface area contributed by atoms with Crippen LogP contribution in [0.3, 0.4) is 0 Å². The van der Waals surface area contributed by atoms with Gasteiger partial charge in [0.15, 0.2) is 0 Å². The molecule has 1 heterocycles. The van der Waals surface area contributed by atoms with Crippen molar-refractivity contribution in [3.8, 4) is 0 Å². The topological polar surface area (TPSA) is 64.1 Å². The lowest BCUT2D eigenvalue weighted by molar-refractivity contribution is -0.0210. The maximum Gasteiger partial charge on any atom is 0.408 e. The number of carbonyl (C=O) groups is 2. The number of rotatable bonds is 2. The predicted molar refractivity (Wildman–Crippen MR) is 84.7 cm³/mol. The fourth-order valence-corrected chi connectivity index (χ4v) is 3.88. The lowest BCUT2D eigenvalue weighted by atomic mass is 9.90. The molecule has 1 aliphatic heterocycles. The first kappa shape index (κ1) is 16.9. The van der Waals surface area contributed by atoms with Crippen molar-refractivity contribution < 1.29 is 14.7 Å². The molecule has 0 aromatic heterocycles. The van der Waals surface area contributed by atoms with E-state index < -0.39 is 6.09 Å². The minimum Gasteiger partial charge on any atom is -0.465 e. The molecule has 2 aliphatic rings. The Morgan fingerprint density at radius 3 is 2.23 bits per heavy atom. The highest BCUT2D eigenvalue weighted by atomic mass is 16.4. The van der Waals surface area contributed by atoms with Crippen molar-refractivity contribution in [2.75, 3.05) is 20.6 Å². The molecule has 126 valence electrons. The molecular weight excluding hydrogens is 282 g/mol.